The molecule has 0 bridgehead atoms. The first-order chi connectivity index (χ1) is 14.6. The van der Waals surface area contributed by atoms with E-state index in [2.05, 4.69) is 4.72 Å². The lowest BCUT2D eigenvalue weighted by atomic mass is 10.0. The highest BCUT2D eigenvalue weighted by Crippen LogP contribution is 2.34. The summed E-state index contributed by atoms with van der Waals surface area (Å²) in [6.45, 7) is 0.622. The lowest BCUT2D eigenvalue weighted by Crippen LogP contribution is -2.42. The third-order valence-corrected chi connectivity index (χ3v) is 6.03. The molecule has 31 heavy (non-hydrogen) atoms. The van der Waals surface area contributed by atoms with Gasteiger partial charge in [0, 0.05) is 5.69 Å². The van der Waals surface area contributed by atoms with Gasteiger partial charge in [-0.2, -0.15) is 0 Å². The Morgan fingerprint density at radius 2 is 1.84 bits per heavy atom. The minimum absolute atomic E-state index is 0.0551. The summed E-state index contributed by atoms with van der Waals surface area (Å²) in [6.07, 6.45) is 0.306. The maximum atomic E-state index is 12.8. The Morgan fingerprint density at radius 3 is 2.45 bits per heavy atom. The molecule has 0 fully saturated rings. The van der Waals surface area contributed by atoms with Crippen molar-refractivity contribution in [3.8, 4) is 5.75 Å². The molecular formula is C20H20N2O8S. The van der Waals surface area contributed by atoms with E-state index in [0.29, 0.717) is 6.42 Å². The number of carbonyl (C=O) groups excluding carboxylic acids is 1. The molecule has 164 valence electrons. The Labute approximate surface area is 178 Å². The van der Waals surface area contributed by atoms with Gasteiger partial charge in [-0.25, -0.2) is 8.42 Å². The zero-order valence-corrected chi connectivity index (χ0v) is 17.3. The van der Waals surface area contributed by atoms with Crippen LogP contribution in [0, 0.1) is 5.92 Å². The van der Waals surface area contributed by atoms with Crippen LogP contribution >= 0.6 is 0 Å². The number of ether oxygens (including phenoxy) is 1. The molecule has 2 aromatic rings. The molecule has 0 spiro atoms. The fourth-order valence-electron chi connectivity index (χ4n) is 3.02. The van der Waals surface area contributed by atoms with E-state index in [1.54, 1.807) is 19.1 Å². The first-order valence-electron chi connectivity index (χ1n) is 9.20. The molecule has 3 rings (SSSR count). The van der Waals surface area contributed by atoms with Gasteiger partial charge < -0.3 is 14.9 Å². The first-order valence-corrected chi connectivity index (χ1v) is 10.7. The van der Waals surface area contributed by atoms with Gasteiger partial charge in [-0.3, -0.25) is 24.0 Å². The van der Waals surface area contributed by atoms with E-state index >= 15 is 0 Å². The van der Waals surface area contributed by atoms with Gasteiger partial charge in [0.2, 0.25) is 0 Å². The predicted molar refractivity (Wildman–Crippen MR) is 110 cm³/mol. The van der Waals surface area contributed by atoms with E-state index < -0.39 is 40.3 Å². The number of nitrogens with zero attached hydrogens (tertiary/aromatic N) is 1. The average molecular weight is 448 g/mol. The highest BCUT2D eigenvalue weighted by Gasteiger charge is 2.29. The molecule has 0 radical (unpaired) electrons. The van der Waals surface area contributed by atoms with Gasteiger partial charge in [0.1, 0.15) is 12.3 Å². The maximum Gasteiger partial charge on any atom is 0.323 e. The van der Waals surface area contributed by atoms with Crippen molar-refractivity contribution in [1.29, 1.82) is 0 Å². The quantitative estimate of drug-likeness (QED) is 0.551. The molecule has 1 amide bonds. The van der Waals surface area contributed by atoms with Crippen molar-refractivity contribution in [2.24, 2.45) is 5.92 Å². The van der Waals surface area contributed by atoms with E-state index in [4.69, 9.17) is 14.9 Å². The van der Waals surface area contributed by atoms with E-state index in [-0.39, 0.29) is 28.6 Å². The molecule has 1 aliphatic heterocycles. The third-order valence-electron chi connectivity index (χ3n) is 4.65. The Balaban J connectivity index is 1.82. The number of carbonyl (C=O) groups is 3. The van der Waals surface area contributed by atoms with Crippen LogP contribution in [0.2, 0.25) is 0 Å². The SMILES string of the molecule is CC(Cc1ccc(NS(=O)(=O)c2ccc3c(c2)N(CC(=O)O)C(=O)CO3)cc1)C(=O)O. The number of rotatable bonds is 8. The van der Waals surface area contributed by atoms with Crippen LogP contribution < -0.4 is 14.4 Å². The highest BCUT2D eigenvalue weighted by molar-refractivity contribution is 7.92. The van der Waals surface area contributed by atoms with Crippen LogP contribution in [0.3, 0.4) is 0 Å². The molecular weight excluding hydrogens is 428 g/mol. The lowest BCUT2D eigenvalue weighted by molar-refractivity contribution is -0.141. The topological polar surface area (TPSA) is 150 Å². The number of sulfonamides is 1. The number of anilines is 2. The summed E-state index contributed by atoms with van der Waals surface area (Å²) in [6, 6.07) is 10.1. The first kappa shape index (κ1) is 22.1. The fourth-order valence-corrected chi connectivity index (χ4v) is 4.10. The van der Waals surface area contributed by atoms with Crippen LogP contribution in [0.5, 0.6) is 5.75 Å². The summed E-state index contributed by atoms with van der Waals surface area (Å²) in [5, 5.41) is 18.0. The number of benzene rings is 2. The minimum atomic E-state index is -4.05. The van der Waals surface area contributed by atoms with Gasteiger partial charge in [0.25, 0.3) is 15.9 Å². The molecule has 0 aromatic heterocycles. The van der Waals surface area contributed by atoms with Crippen molar-refractivity contribution < 1.29 is 37.8 Å². The van der Waals surface area contributed by atoms with Crippen molar-refractivity contribution in [2.75, 3.05) is 22.8 Å². The predicted octanol–water partition coefficient (Wildman–Crippen LogP) is 1.56. The summed E-state index contributed by atoms with van der Waals surface area (Å²) in [4.78, 5) is 34.9. The van der Waals surface area contributed by atoms with Crippen LogP contribution in [0.15, 0.2) is 47.4 Å². The Kier molecular flexibility index (Phi) is 6.16. The average Bonchev–Trinajstić information content (AvgIpc) is 2.70. The summed E-state index contributed by atoms with van der Waals surface area (Å²) in [5.74, 6) is -3.13. The Morgan fingerprint density at radius 1 is 1.16 bits per heavy atom. The minimum Gasteiger partial charge on any atom is -0.482 e. The second-order valence-corrected chi connectivity index (χ2v) is 8.72. The second kappa shape index (κ2) is 8.64. The van der Waals surface area contributed by atoms with Crippen LogP contribution in [0.25, 0.3) is 0 Å². The number of fused-ring (bicyclic) bond motifs is 1. The third kappa shape index (κ3) is 5.12. The van der Waals surface area contributed by atoms with Crippen LogP contribution in [0.4, 0.5) is 11.4 Å². The van der Waals surface area contributed by atoms with Gasteiger partial charge in [0.15, 0.2) is 6.61 Å². The van der Waals surface area contributed by atoms with Crippen LogP contribution in [0.1, 0.15) is 12.5 Å². The van der Waals surface area contributed by atoms with Crippen LogP contribution in [-0.2, 0) is 30.8 Å². The molecule has 11 heteroatoms. The normalized spacial score (nSPS) is 14.4. The summed E-state index contributed by atoms with van der Waals surface area (Å²) in [7, 11) is -4.05. The molecule has 0 saturated carbocycles. The van der Waals surface area contributed by atoms with Crippen molar-refractivity contribution in [3.05, 3.63) is 48.0 Å². The molecule has 2 aromatic carbocycles. The van der Waals surface area contributed by atoms with Crippen molar-refractivity contribution in [2.45, 2.75) is 18.2 Å². The van der Waals surface area contributed by atoms with Gasteiger partial charge in [0.05, 0.1) is 16.5 Å². The molecule has 1 heterocycles. The number of hydrogen-bond acceptors (Lipinski definition) is 6. The molecule has 1 aliphatic rings. The number of aliphatic carboxylic acids is 2. The van der Waals surface area contributed by atoms with Crippen molar-refractivity contribution in [1.82, 2.24) is 0 Å². The zero-order chi connectivity index (χ0) is 22.8. The van der Waals surface area contributed by atoms with Gasteiger partial charge in [-0.15, -0.1) is 0 Å². The Hall–Kier alpha value is -3.60. The number of amides is 1. The molecule has 10 nitrogen and oxygen atoms in total. The molecule has 0 saturated heterocycles. The van der Waals surface area contributed by atoms with Gasteiger partial charge in [-0.05, 0) is 42.3 Å². The summed E-state index contributed by atoms with van der Waals surface area (Å²) in [5.41, 5.74) is 1.06. The molecule has 1 unspecified atom stereocenters. The largest absolute Gasteiger partial charge is 0.482 e. The van der Waals surface area contributed by atoms with E-state index in [0.717, 1.165) is 10.5 Å². The Bertz CT molecular complexity index is 1130. The van der Waals surface area contributed by atoms with Crippen molar-refractivity contribution in [3.63, 3.8) is 0 Å². The molecule has 0 aliphatic carbocycles. The number of hydrogen-bond donors (Lipinski definition) is 3. The van der Waals surface area contributed by atoms with E-state index in [9.17, 15) is 22.8 Å². The number of carboxylic acids is 2. The zero-order valence-electron chi connectivity index (χ0n) is 16.4. The van der Waals surface area contributed by atoms with E-state index in [1.807, 2.05) is 0 Å². The summed E-state index contributed by atoms with van der Waals surface area (Å²) < 4.78 is 33.3. The highest BCUT2D eigenvalue weighted by atomic mass is 32.2. The fraction of sp³-hybridized carbons (Fsp3) is 0.250. The summed E-state index contributed by atoms with van der Waals surface area (Å²) >= 11 is 0. The molecule has 3 N–H and O–H groups in total. The van der Waals surface area contributed by atoms with Gasteiger partial charge in [-0.1, -0.05) is 19.1 Å². The number of carboxylic acid groups (broad SMARTS) is 2. The monoisotopic (exact) mass is 448 g/mol. The number of nitrogens with one attached hydrogen (secondary N) is 1. The van der Waals surface area contributed by atoms with Gasteiger partial charge >= 0.3 is 11.9 Å². The van der Waals surface area contributed by atoms with Crippen molar-refractivity contribution >= 4 is 39.2 Å². The lowest BCUT2D eigenvalue weighted by Gasteiger charge is -2.28. The van der Waals surface area contributed by atoms with Crippen LogP contribution in [-0.4, -0.2) is 49.6 Å². The second-order valence-electron chi connectivity index (χ2n) is 7.04. The smallest absolute Gasteiger partial charge is 0.323 e. The van der Waals surface area contributed by atoms with E-state index in [1.165, 1.54) is 30.3 Å². The molecule has 1 atom stereocenters. The standard InChI is InChI=1S/C20H20N2O8S/c1-12(20(26)27)8-13-2-4-14(5-3-13)21-31(28,29)15-6-7-17-16(9-15)22(10-19(24)25)18(23)11-30-17/h2-7,9,12,21H,8,10-11H2,1H3,(H,24,25)(H,26,27). The maximum absolute atomic E-state index is 12.8.